The molecule has 0 bridgehead atoms. The molecule has 6 nitrogen and oxygen atoms in total. The van der Waals surface area contributed by atoms with Crippen molar-refractivity contribution in [2.75, 3.05) is 0 Å². The second-order valence-electron chi connectivity index (χ2n) is 5.91. The molecule has 0 saturated heterocycles. The van der Waals surface area contributed by atoms with E-state index in [0.717, 1.165) is 22.5 Å². The number of para-hydroxylation sites is 1. The second kappa shape index (κ2) is 7.20. The number of carboxylic acids is 1. The first kappa shape index (κ1) is 17.6. The van der Waals surface area contributed by atoms with E-state index < -0.39 is 17.6 Å². The van der Waals surface area contributed by atoms with E-state index in [1.807, 2.05) is 30.3 Å². The molecule has 24 heavy (non-hydrogen) atoms. The number of aromatic nitrogens is 1. The van der Waals surface area contributed by atoms with Crippen LogP contribution in [-0.4, -0.2) is 32.8 Å². The summed E-state index contributed by atoms with van der Waals surface area (Å²) in [6.07, 6.45) is 3.53. The fourth-order valence-corrected chi connectivity index (χ4v) is 2.52. The van der Waals surface area contributed by atoms with E-state index in [2.05, 4.69) is 10.3 Å². The maximum absolute atomic E-state index is 11.7. The number of carboxylic acid groups (broad SMARTS) is 1. The lowest BCUT2D eigenvalue weighted by Gasteiger charge is -2.28. The van der Waals surface area contributed by atoms with Gasteiger partial charge in [-0.2, -0.15) is 5.26 Å². The zero-order chi connectivity index (χ0) is 17.7. The molecule has 0 aliphatic carbocycles. The fraction of sp³-hybridized carbons (Fsp3) is 0.333. The molecule has 2 rings (SSSR count). The molecule has 2 atom stereocenters. The van der Waals surface area contributed by atoms with Crippen LogP contribution in [0.5, 0.6) is 0 Å². The summed E-state index contributed by atoms with van der Waals surface area (Å²) in [6, 6.07) is 8.55. The monoisotopic (exact) mass is 327 g/mol. The molecule has 126 valence electrons. The quantitative estimate of drug-likeness (QED) is 0.584. The number of hydrogen-bond acceptors (Lipinski definition) is 4. The van der Waals surface area contributed by atoms with Crippen LogP contribution in [0.15, 0.2) is 42.2 Å². The van der Waals surface area contributed by atoms with Gasteiger partial charge in [0.25, 0.3) is 0 Å². The molecule has 0 aliphatic heterocycles. The Kier molecular flexibility index (Phi) is 5.27. The Morgan fingerprint density at radius 2 is 2.21 bits per heavy atom. The molecule has 1 aromatic heterocycles. The van der Waals surface area contributed by atoms with E-state index in [-0.39, 0.29) is 12.1 Å². The Balaban J connectivity index is 2.28. The van der Waals surface area contributed by atoms with Gasteiger partial charge < -0.3 is 20.5 Å². The van der Waals surface area contributed by atoms with E-state index in [9.17, 15) is 15.0 Å². The summed E-state index contributed by atoms with van der Waals surface area (Å²) < 4.78 is 0. The van der Waals surface area contributed by atoms with Crippen molar-refractivity contribution in [1.82, 2.24) is 10.3 Å². The molecule has 0 spiro atoms. The SMILES string of the molecule is CCC(C)(O)/C(=C\C#N)NC(Cc1c[nH]c2ccccc12)C(=O)O. The molecule has 0 saturated carbocycles. The fourth-order valence-electron chi connectivity index (χ4n) is 2.52. The number of aromatic amines is 1. The predicted octanol–water partition coefficient (Wildman–Crippen LogP) is 2.32. The zero-order valence-corrected chi connectivity index (χ0v) is 13.7. The number of hydrogen-bond donors (Lipinski definition) is 4. The van der Waals surface area contributed by atoms with Crippen molar-refractivity contribution in [3.63, 3.8) is 0 Å². The Labute approximate surface area is 140 Å². The summed E-state index contributed by atoms with van der Waals surface area (Å²) in [5.74, 6) is -1.05. The highest BCUT2D eigenvalue weighted by molar-refractivity contribution is 5.84. The number of nitrogens with zero attached hydrogens (tertiary/aromatic N) is 1. The van der Waals surface area contributed by atoms with Gasteiger partial charge in [0, 0.05) is 29.6 Å². The topological polar surface area (TPSA) is 109 Å². The summed E-state index contributed by atoms with van der Waals surface area (Å²) in [7, 11) is 0. The van der Waals surface area contributed by atoms with E-state index in [0.29, 0.717) is 6.42 Å². The van der Waals surface area contributed by atoms with Crippen LogP contribution in [0, 0.1) is 11.3 Å². The minimum Gasteiger partial charge on any atom is -0.480 e. The van der Waals surface area contributed by atoms with Crippen LogP contribution in [0.2, 0.25) is 0 Å². The van der Waals surface area contributed by atoms with Crippen molar-refractivity contribution in [2.24, 2.45) is 0 Å². The summed E-state index contributed by atoms with van der Waals surface area (Å²) in [6.45, 7) is 3.32. The van der Waals surface area contributed by atoms with Gasteiger partial charge in [-0.25, -0.2) is 4.79 Å². The van der Waals surface area contributed by atoms with Crippen LogP contribution in [0.1, 0.15) is 25.8 Å². The number of nitriles is 1. The smallest absolute Gasteiger partial charge is 0.326 e. The number of aliphatic hydroxyl groups is 1. The van der Waals surface area contributed by atoms with Crippen LogP contribution in [-0.2, 0) is 11.2 Å². The summed E-state index contributed by atoms with van der Waals surface area (Å²) >= 11 is 0. The molecule has 2 aromatic rings. The van der Waals surface area contributed by atoms with Gasteiger partial charge in [0.2, 0.25) is 0 Å². The van der Waals surface area contributed by atoms with Gasteiger partial charge in [-0.05, 0) is 25.0 Å². The van der Waals surface area contributed by atoms with Gasteiger partial charge in [0.05, 0.1) is 11.8 Å². The molecular weight excluding hydrogens is 306 g/mol. The summed E-state index contributed by atoms with van der Waals surface area (Å²) in [5, 5.41) is 32.6. The van der Waals surface area contributed by atoms with Crippen molar-refractivity contribution in [3.8, 4) is 6.07 Å². The number of carbonyl (C=O) groups is 1. The number of aliphatic carboxylic acids is 1. The number of allylic oxidation sites excluding steroid dienone is 1. The third-order valence-electron chi connectivity index (χ3n) is 4.20. The first-order chi connectivity index (χ1) is 11.4. The molecule has 1 heterocycles. The van der Waals surface area contributed by atoms with Gasteiger partial charge in [-0.3, -0.25) is 0 Å². The average Bonchev–Trinajstić information content (AvgIpc) is 2.96. The number of fused-ring (bicyclic) bond motifs is 1. The Hall–Kier alpha value is -2.78. The molecule has 0 aliphatic rings. The van der Waals surface area contributed by atoms with Gasteiger partial charge in [0.1, 0.15) is 11.6 Å². The molecule has 6 heteroatoms. The van der Waals surface area contributed by atoms with Crippen molar-refractivity contribution in [3.05, 3.63) is 47.8 Å². The summed E-state index contributed by atoms with van der Waals surface area (Å²) in [4.78, 5) is 14.8. The van der Waals surface area contributed by atoms with Gasteiger partial charge in [-0.1, -0.05) is 25.1 Å². The Morgan fingerprint density at radius 1 is 1.50 bits per heavy atom. The minimum atomic E-state index is -1.29. The van der Waals surface area contributed by atoms with E-state index in [1.54, 1.807) is 20.0 Å². The van der Waals surface area contributed by atoms with Crippen LogP contribution in [0.25, 0.3) is 10.9 Å². The molecule has 1 aromatic carbocycles. The van der Waals surface area contributed by atoms with Crippen LogP contribution in [0.3, 0.4) is 0 Å². The Bertz CT molecular complexity index is 799. The van der Waals surface area contributed by atoms with Crippen LogP contribution in [0.4, 0.5) is 0 Å². The minimum absolute atomic E-state index is 0.208. The van der Waals surface area contributed by atoms with Crippen molar-refractivity contribution < 1.29 is 15.0 Å². The highest BCUT2D eigenvalue weighted by Gasteiger charge is 2.28. The highest BCUT2D eigenvalue weighted by atomic mass is 16.4. The lowest BCUT2D eigenvalue weighted by atomic mass is 9.96. The highest BCUT2D eigenvalue weighted by Crippen LogP contribution is 2.22. The number of benzene rings is 1. The first-order valence-electron chi connectivity index (χ1n) is 7.76. The number of H-pyrrole nitrogens is 1. The van der Waals surface area contributed by atoms with Gasteiger partial charge in [-0.15, -0.1) is 0 Å². The maximum Gasteiger partial charge on any atom is 0.326 e. The normalized spacial score (nSPS) is 15.5. The van der Waals surface area contributed by atoms with E-state index in [1.165, 1.54) is 0 Å². The Morgan fingerprint density at radius 3 is 2.83 bits per heavy atom. The largest absolute Gasteiger partial charge is 0.480 e. The third-order valence-corrected chi connectivity index (χ3v) is 4.20. The molecule has 4 N–H and O–H groups in total. The van der Waals surface area contributed by atoms with Crippen molar-refractivity contribution in [2.45, 2.75) is 38.3 Å². The van der Waals surface area contributed by atoms with E-state index in [4.69, 9.17) is 5.26 Å². The second-order valence-corrected chi connectivity index (χ2v) is 5.91. The van der Waals surface area contributed by atoms with Crippen LogP contribution < -0.4 is 5.32 Å². The molecule has 2 unspecified atom stereocenters. The third kappa shape index (κ3) is 3.76. The molecule has 0 radical (unpaired) electrons. The standard InChI is InChI=1S/C18H21N3O3/c1-3-18(2,24)16(8-9-19)21-15(17(22)23)10-12-11-20-14-7-5-4-6-13(12)14/h4-8,11,15,20-21,24H,3,10H2,1-2H3,(H,22,23)/b16-8+. The summed E-state index contributed by atoms with van der Waals surface area (Å²) in [5.41, 5.74) is 0.714. The molecular formula is C18H21N3O3. The van der Waals surface area contributed by atoms with Gasteiger partial charge in [0.15, 0.2) is 0 Å². The van der Waals surface area contributed by atoms with Gasteiger partial charge >= 0.3 is 5.97 Å². The molecule has 0 amide bonds. The number of rotatable bonds is 7. The van der Waals surface area contributed by atoms with Crippen molar-refractivity contribution in [1.29, 1.82) is 5.26 Å². The van der Waals surface area contributed by atoms with Crippen LogP contribution >= 0.6 is 0 Å². The van der Waals surface area contributed by atoms with E-state index >= 15 is 0 Å². The zero-order valence-electron chi connectivity index (χ0n) is 13.7. The lowest BCUT2D eigenvalue weighted by Crippen LogP contribution is -2.44. The maximum atomic E-state index is 11.7. The predicted molar refractivity (Wildman–Crippen MR) is 91.2 cm³/mol. The first-order valence-corrected chi connectivity index (χ1v) is 7.76. The molecule has 0 fully saturated rings. The van der Waals surface area contributed by atoms with Crippen molar-refractivity contribution >= 4 is 16.9 Å². The lowest BCUT2D eigenvalue weighted by molar-refractivity contribution is -0.139. The number of nitrogens with one attached hydrogen (secondary N) is 2. The average molecular weight is 327 g/mol.